The van der Waals surface area contributed by atoms with Crippen molar-refractivity contribution in [2.75, 3.05) is 27.2 Å². The molecule has 0 unspecified atom stereocenters. The van der Waals surface area contributed by atoms with E-state index in [1.807, 2.05) is 38.4 Å². The highest BCUT2D eigenvalue weighted by molar-refractivity contribution is 6.00. The van der Waals surface area contributed by atoms with Gasteiger partial charge >= 0.3 is 0 Å². The molecule has 1 aromatic carbocycles. The maximum atomic E-state index is 8.75. The van der Waals surface area contributed by atoms with Gasteiger partial charge in [0.2, 0.25) is 0 Å². The van der Waals surface area contributed by atoms with Crippen LogP contribution in [0.3, 0.4) is 0 Å². The van der Waals surface area contributed by atoms with Crippen LogP contribution in [0, 0.1) is 0 Å². The third-order valence-electron chi connectivity index (χ3n) is 2.22. The van der Waals surface area contributed by atoms with Crippen molar-refractivity contribution in [2.24, 2.45) is 5.16 Å². The zero-order valence-corrected chi connectivity index (χ0v) is 9.97. The lowest BCUT2D eigenvalue weighted by Crippen LogP contribution is -2.20. The maximum Gasteiger partial charge on any atom is 0.128 e. The monoisotopic (exact) mass is 222 g/mol. The fraction of sp³-hybridized carbons (Fsp3) is 0.417. The topological polar surface area (TPSA) is 45.1 Å². The summed E-state index contributed by atoms with van der Waals surface area (Å²) < 4.78 is 5.64. The van der Waals surface area contributed by atoms with Crippen LogP contribution in [0.15, 0.2) is 29.4 Å². The van der Waals surface area contributed by atoms with Gasteiger partial charge in [-0.15, -0.1) is 0 Å². The predicted octanol–water partition coefficient (Wildman–Crippen LogP) is 1.83. The van der Waals surface area contributed by atoms with Gasteiger partial charge in [0.05, 0.1) is 5.71 Å². The van der Waals surface area contributed by atoms with E-state index in [1.54, 1.807) is 6.92 Å². The van der Waals surface area contributed by atoms with E-state index >= 15 is 0 Å². The van der Waals surface area contributed by atoms with Crippen molar-refractivity contribution in [1.29, 1.82) is 0 Å². The molecule has 0 aromatic heterocycles. The molecule has 16 heavy (non-hydrogen) atoms. The Morgan fingerprint density at radius 3 is 2.69 bits per heavy atom. The molecule has 4 heteroatoms. The minimum absolute atomic E-state index is 0.556. The molecule has 0 aliphatic rings. The normalized spacial score (nSPS) is 11.9. The first-order chi connectivity index (χ1) is 7.65. The highest BCUT2D eigenvalue weighted by Crippen LogP contribution is 2.18. The number of oxime groups is 1. The summed E-state index contributed by atoms with van der Waals surface area (Å²) in [5, 5.41) is 11.9. The molecule has 1 aromatic rings. The van der Waals surface area contributed by atoms with Gasteiger partial charge in [0.25, 0.3) is 0 Å². The minimum Gasteiger partial charge on any atom is -0.492 e. The summed E-state index contributed by atoms with van der Waals surface area (Å²) in [6.45, 7) is 3.21. The van der Waals surface area contributed by atoms with Crippen molar-refractivity contribution < 1.29 is 9.94 Å². The van der Waals surface area contributed by atoms with Crippen molar-refractivity contribution in [3.63, 3.8) is 0 Å². The number of hydrogen-bond acceptors (Lipinski definition) is 4. The maximum absolute atomic E-state index is 8.75. The average Bonchev–Trinajstić information content (AvgIpc) is 2.28. The second kappa shape index (κ2) is 6.12. The zero-order valence-electron chi connectivity index (χ0n) is 9.97. The molecule has 0 spiro atoms. The van der Waals surface area contributed by atoms with Crippen LogP contribution >= 0.6 is 0 Å². The van der Waals surface area contributed by atoms with Gasteiger partial charge in [0.1, 0.15) is 12.4 Å². The molecule has 4 nitrogen and oxygen atoms in total. The molecule has 1 rings (SSSR count). The number of nitrogens with zero attached hydrogens (tertiary/aromatic N) is 2. The summed E-state index contributed by atoms with van der Waals surface area (Å²) >= 11 is 0. The van der Waals surface area contributed by atoms with Crippen LogP contribution in [0.5, 0.6) is 5.75 Å². The van der Waals surface area contributed by atoms with E-state index in [2.05, 4.69) is 10.1 Å². The van der Waals surface area contributed by atoms with E-state index in [0.29, 0.717) is 12.3 Å². The smallest absolute Gasteiger partial charge is 0.128 e. The van der Waals surface area contributed by atoms with E-state index < -0.39 is 0 Å². The molecule has 0 saturated carbocycles. The number of likely N-dealkylation sites (N-methyl/N-ethyl adjacent to an activating group) is 1. The Kier molecular flexibility index (Phi) is 4.79. The Labute approximate surface area is 96.1 Å². The second-order valence-electron chi connectivity index (χ2n) is 3.83. The molecule has 88 valence electrons. The third kappa shape index (κ3) is 3.55. The van der Waals surface area contributed by atoms with Gasteiger partial charge in [0, 0.05) is 12.1 Å². The van der Waals surface area contributed by atoms with Crippen LogP contribution in [0.2, 0.25) is 0 Å². The third-order valence-corrected chi connectivity index (χ3v) is 2.22. The van der Waals surface area contributed by atoms with Gasteiger partial charge in [0.15, 0.2) is 0 Å². The summed E-state index contributed by atoms with van der Waals surface area (Å²) in [5.41, 5.74) is 1.38. The van der Waals surface area contributed by atoms with Gasteiger partial charge in [-0.1, -0.05) is 17.3 Å². The lowest BCUT2D eigenvalue weighted by molar-refractivity contribution is 0.260. The van der Waals surface area contributed by atoms with E-state index in [0.717, 1.165) is 17.9 Å². The van der Waals surface area contributed by atoms with Gasteiger partial charge in [-0.3, -0.25) is 0 Å². The quantitative estimate of drug-likeness (QED) is 0.469. The second-order valence-corrected chi connectivity index (χ2v) is 3.83. The van der Waals surface area contributed by atoms with Crippen LogP contribution in [-0.4, -0.2) is 43.1 Å². The van der Waals surface area contributed by atoms with E-state index in [4.69, 9.17) is 9.94 Å². The summed E-state index contributed by atoms with van der Waals surface area (Å²) in [6, 6.07) is 7.54. The number of para-hydroxylation sites is 1. The van der Waals surface area contributed by atoms with E-state index in [-0.39, 0.29) is 0 Å². The Morgan fingerprint density at radius 2 is 2.06 bits per heavy atom. The Balaban J connectivity index is 2.72. The molecular weight excluding hydrogens is 204 g/mol. The largest absolute Gasteiger partial charge is 0.492 e. The molecule has 0 fully saturated rings. The van der Waals surface area contributed by atoms with Crippen molar-refractivity contribution in [3.8, 4) is 5.75 Å². The van der Waals surface area contributed by atoms with Crippen molar-refractivity contribution in [1.82, 2.24) is 4.90 Å². The fourth-order valence-corrected chi connectivity index (χ4v) is 1.28. The Morgan fingerprint density at radius 1 is 1.38 bits per heavy atom. The van der Waals surface area contributed by atoms with E-state index in [9.17, 15) is 0 Å². The highest BCUT2D eigenvalue weighted by atomic mass is 16.5. The van der Waals surface area contributed by atoms with Crippen molar-refractivity contribution in [2.45, 2.75) is 6.92 Å². The van der Waals surface area contributed by atoms with Crippen LogP contribution in [0.25, 0.3) is 0 Å². The van der Waals surface area contributed by atoms with E-state index in [1.165, 1.54) is 0 Å². The molecule has 0 bridgehead atoms. The van der Waals surface area contributed by atoms with Gasteiger partial charge in [-0.05, 0) is 33.2 Å². The number of hydrogen-bond donors (Lipinski definition) is 1. The summed E-state index contributed by atoms with van der Waals surface area (Å²) in [5.74, 6) is 0.750. The first-order valence-corrected chi connectivity index (χ1v) is 5.20. The number of rotatable bonds is 5. The fourth-order valence-electron chi connectivity index (χ4n) is 1.28. The zero-order chi connectivity index (χ0) is 12.0. The molecule has 1 N–H and O–H groups in total. The van der Waals surface area contributed by atoms with Crippen LogP contribution < -0.4 is 4.74 Å². The standard InChI is InChI=1S/C12H18N2O2/c1-10(13-15)11-6-4-5-7-12(11)16-9-8-14(2)3/h4-7,15H,8-9H2,1-3H3/b13-10+. The molecule has 0 aliphatic carbocycles. The molecule has 0 amide bonds. The lowest BCUT2D eigenvalue weighted by atomic mass is 10.1. The number of ether oxygens (including phenoxy) is 1. The highest BCUT2D eigenvalue weighted by Gasteiger charge is 2.06. The molecule has 0 saturated heterocycles. The van der Waals surface area contributed by atoms with Gasteiger partial charge in [-0.2, -0.15) is 0 Å². The Hall–Kier alpha value is -1.55. The first-order valence-electron chi connectivity index (χ1n) is 5.20. The molecule has 0 radical (unpaired) electrons. The minimum atomic E-state index is 0.556. The lowest BCUT2D eigenvalue weighted by Gasteiger charge is -2.13. The van der Waals surface area contributed by atoms with Crippen LogP contribution in [0.1, 0.15) is 12.5 Å². The summed E-state index contributed by atoms with van der Waals surface area (Å²) in [7, 11) is 3.99. The average molecular weight is 222 g/mol. The summed E-state index contributed by atoms with van der Waals surface area (Å²) in [6.07, 6.45) is 0. The van der Waals surface area contributed by atoms with Crippen molar-refractivity contribution in [3.05, 3.63) is 29.8 Å². The van der Waals surface area contributed by atoms with Crippen LogP contribution in [-0.2, 0) is 0 Å². The SMILES string of the molecule is C/C(=N\O)c1ccccc1OCCN(C)C. The van der Waals surface area contributed by atoms with Gasteiger partial charge in [-0.25, -0.2) is 0 Å². The molecule has 0 aliphatic heterocycles. The number of benzene rings is 1. The predicted molar refractivity (Wildman–Crippen MR) is 64.5 cm³/mol. The summed E-state index contributed by atoms with van der Waals surface area (Å²) in [4.78, 5) is 2.05. The van der Waals surface area contributed by atoms with Gasteiger partial charge < -0.3 is 14.8 Å². The Bertz CT molecular complexity index is 362. The molecular formula is C12H18N2O2. The van der Waals surface area contributed by atoms with Crippen LogP contribution in [0.4, 0.5) is 0 Å². The molecule has 0 atom stereocenters. The van der Waals surface area contributed by atoms with Crippen molar-refractivity contribution >= 4 is 5.71 Å². The molecule has 0 heterocycles. The first kappa shape index (κ1) is 12.5.